The molecule has 0 saturated carbocycles. The van der Waals surface area contributed by atoms with Gasteiger partial charge >= 0.3 is 5.97 Å². The predicted octanol–water partition coefficient (Wildman–Crippen LogP) is 7.84. The Morgan fingerprint density at radius 1 is 0.860 bits per heavy atom. The van der Waals surface area contributed by atoms with Crippen molar-refractivity contribution in [1.82, 2.24) is 5.32 Å². The van der Waals surface area contributed by atoms with Crippen molar-refractivity contribution in [2.45, 2.75) is 12.5 Å². The van der Waals surface area contributed by atoms with Crippen molar-refractivity contribution in [2.75, 3.05) is 5.32 Å². The third-order valence-electron chi connectivity index (χ3n) is 6.69. The lowest BCUT2D eigenvalue weighted by atomic mass is 9.99. The van der Waals surface area contributed by atoms with Gasteiger partial charge in [-0.3, -0.25) is 4.79 Å². The number of amides is 1. The first kappa shape index (κ1) is 28.9. The number of carboxylic acids is 1. The molecule has 212 valence electrons. The van der Waals surface area contributed by atoms with Gasteiger partial charge in [-0.1, -0.05) is 72.3 Å². The number of ether oxygens (including phenoxy) is 1. The number of hydrogen-bond donors (Lipinski definition) is 3. The summed E-state index contributed by atoms with van der Waals surface area (Å²) in [6, 6.07) is 37.0. The Balaban J connectivity index is 1.31. The maximum atomic E-state index is 13.3. The van der Waals surface area contributed by atoms with Crippen molar-refractivity contribution in [3.8, 4) is 28.7 Å². The van der Waals surface area contributed by atoms with Crippen molar-refractivity contribution in [3.63, 3.8) is 0 Å². The first-order valence-corrected chi connectivity index (χ1v) is 13.8. The van der Waals surface area contributed by atoms with Gasteiger partial charge < -0.3 is 20.5 Å². The zero-order valence-electron chi connectivity index (χ0n) is 22.8. The summed E-state index contributed by atoms with van der Waals surface area (Å²) in [5, 5.41) is 25.1. The maximum Gasteiger partial charge on any atom is 0.326 e. The Kier molecular flexibility index (Phi) is 9.01. The van der Waals surface area contributed by atoms with Crippen LogP contribution in [0.1, 0.15) is 21.5 Å². The second kappa shape index (κ2) is 13.4. The Hall–Kier alpha value is -5.58. The van der Waals surface area contributed by atoms with E-state index in [0.29, 0.717) is 27.7 Å². The lowest BCUT2D eigenvalue weighted by Crippen LogP contribution is -2.42. The molecule has 0 aliphatic rings. The van der Waals surface area contributed by atoms with Crippen molar-refractivity contribution < 1.29 is 19.4 Å². The SMILES string of the molecule is N#Cc1ccc(Nc2ccc(Cl)cc2C(=O)NC(Cc2ccc(-c3ccccc3Oc3ccccc3)cc2)C(=O)O)cc1. The van der Waals surface area contributed by atoms with E-state index in [1.54, 1.807) is 36.4 Å². The fraction of sp³-hybridized carbons (Fsp3) is 0.0571. The summed E-state index contributed by atoms with van der Waals surface area (Å²) in [7, 11) is 0. The summed E-state index contributed by atoms with van der Waals surface area (Å²) in [6.45, 7) is 0. The number of hydrogen-bond acceptors (Lipinski definition) is 5. The quantitative estimate of drug-likeness (QED) is 0.153. The van der Waals surface area contributed by atoms with Gasteiger partial charge in [0.25, 0.3) is 5.91 Å². The Morgan fingerprint density at radius 3 is 2.26 bits per heavy atom. The van der Waals surface area contributed by atoms with Gasteiger partial charge in [-0.25, -0.2) is 4.79 Å². The molecule has 8 heteroatoms. The predicted molar refractivity (Wildman–Crippen MR) is 167 cm³/mol. The number of carbonyl (C=O) groups is 2. The minimum Gasteiger partial charge on any atom is -0.480 e. The maximum absolute atomic E-state index is 13.3. The molecule has 5 aromatic carbocycles. The first-order valence-electron chi connectivity index (χ1n) is 13.4. The second-order valence-corrected chi connectivity index (χ2v) is 10.1. The average molecular weight is 588 g/mol. The summed E-state index contributed by atoms with van der Waals surface area (Å²) >= 11 is 6.18. The van der Waals surface area contributed by atoms with Crippen LogP contribution in [0, 0.1) is 11.3 Å². The van der Waals surface area contributed by atoms with E-state index in [4.69, 9.17) is 21.6 Å². The van der Waals surface area contributed by atoms with Crippen LogP contribution in [0.5, 0.6) is 11.5 Å². The standard InChI is InChI=1S/C35H26ClN3O4/c36-26-16-19-31(38-27-17-12-24(22-37)13-18-27)30(21-26)34(40)39-32(35(41)42)20-23-10-14-25(15-11-23)29-8-4-5-9-33(29)43-28-6-2-1-3-7-28/h1-19,21,32,38H,20H2,(H,39,40)(H,41,42). The van der Waals surface area contributed by atoms with Crippen molar-refractivity contribution in [2.24, 2.45) is 0 Å². The highest BCUT2D eigenvalue weighted by atomic mass is 35.5. The van der Waals surface area contributed by atoms with E-state index in [1.807, 2.05) is 78.9 Å². The monoisotopic (exact) mass is 587 g/mol. The number of rotatable bonds is 10. The fourth-order valence-electron chi connectivity index (χ4n) is 4.50. The molecule has 0 heterocycles. The number of carbonyl (C=O) groups excluding carboxylic acids is 1. The highest BCUT2D eigenvalue weighted by Gasteiger charge is 2.23. The van der Waals surface area contributed by atoms with Crippen LogP contribution in [0.4, 0.5) is 11.4 Å². The molecule has 5 rings (SSSR count). The number of benzene rings is 5. The van der Waals surface area contributed by atoms with Crippen LogP contribution in [-0.2, 0) is 11.2 Å². The summed E-state index contributed by atoms with van der Waals surface area (Å²) in [4.78, 5) is 25.5. The van der Waals surface area contributed by atoms with Gasteiger partial charge in [0.1, 0.15) is 17.5 Å². The van der Waals surface area contributed by atoms with Crippen LogP contribution in [0.3, 0.4) is 0 Å². The summed E-state index contributed by atoms with van der Waals surface area (Å²) < 4.78 is 6.09. The molecule has 1 amide bonds. The minimum atomic E-state index is -1.19. The second-order valence-electron chi connectivity index (χ2n) is 9.68. The molecule has 0 aliphatic carbocycles. The molecule has 7 nitrogen and oxygen atoms in total. The third kappa shape index (κ3) is 7.39. The first-order chi connectivity index (χ1) is 20.9. The van der Waals surface area contributed by atoms with Gasteiger partial charge in [0, 0.05) is 22.7 Å². The highest BCUT2D eigenvalue weighted by Crippen LogP contribution is 2.33. The van der Waals surface area contributed by atoms with Crippen molar-refractivity contribution >= 4 is 34.9 Å². The lowest BCUT2D eigenvalue weighted by Gasteiger charge is -2.18. The van der Waals surface area contributed by atoms with Gasteiger partial charge in [0.05, 0.1) is 22.9 Å². The van der Waals surface area contributed by atoms with E-state index in [0.717, 1.165) is 22.4 Å². The topological polar surface area (TPSA) is 111 Å². The van der Waals surface area contributed by atoms with E-state index in [1.165, 1.54) is 6.07 Å². The molecular formula is C35H26ClN3O4. The van der Waals surface area contributed by atoms with E-state index >= 15 is 0 Å². The Morgan fingerprint density at radius 2 is 1.56 bits per heavy atom. The van der Waals surface area contributed by atoms with E-state index in [9.17, 15) is 14.7 Å². The van der Waals surface area contributed by atoms with Gasteiger partial charge in [0.15, 0.2) is 0 Å². The van der Waals surface area contributed by atoms with Gasteiger partial charge in [0.2, 0.25) is 0 Å². The van der Waals surface area contributed by atoms with E-state index < -0.39 is 17.9 Å². The van der Waals surface area contributed by atoms with Crippen LogP contribution in [0.2, 0.25) is 5.02 Å². The summed E-state index contributed by atoms with van der Waals surface area (Å²) in [5.74, 6) is -0.331. The molecule has 0 spiro atoms. The van der Waals surface area contributed by atoms with Crippen LogP contribution < -0.4 is 15.4 Å². The number of nitriles is 1. The molecule has 43 heavy (non-hydrogen) atoms. The van der Waals surface area contributed by atoms with E-state index in [2.05, 4.69) is 16.7 Å². The normalized spacial score (nSPS) is 11.2. The molecule has 1 atom stereocenters. The minimum absolute atomic E-state index is 0.0719. The fourth-order valence-corrected chi connectivity index (χ4v) is 4.67. The molecular weight excluding hydrogens is 562 g/mol. The van der Waals surface area contributed by atoms with Crippen LogP contribution in [-0.4, -0.2) is 23.0 Å². The van der Waals surface area contributed by atoms with Gasteiger partial charge in [-0.2, -0.15) is 5.26 Å². The molecule has 0 fully saturated rings. The number of nitrogens with one attached hydrogen (secondary N) is 2. The molecule has 0 radical (unpaired) electrons. The number of aliphatic carboxylic acids is 1. The Bertz CT molecular complexity index is 1780. The molecule has 3 N–H and O–H groups in total. The van der Waals surface area contributed by atoms with Crippen molar-refractivity contribution in [1.29, 1.82) is 5.26 Å². The zero-order valence-corrected chi connectivity index (χ0v) is 23.6. The highest BCUT2D eigenvalue weighted by molar-refractivity contribution is 6.31. The third-order valence-corrected chi connectivity index (χ3v) is 6.92. The number of para-hydroxylation sites is 2. The molecule has 0 saturated heterocycles. The molecule has 1 unspecified atom stereocenters. The number of nitrogens with zero attached hydrogens (tertiary/aromatic N) is 1. The van der Waals surface area contributed by atoms with Crippen molar-refractivity contribution in [3.05, 3.63) is 143 Å². The summed E-state index contributed by atoms with van der Waals surface area (Å²) in [5.41, 5.74) is 4.32. The lowest BCUT2D eigenvalue weighted by molar-refractivity contribution is -0.139. The van der Waals surface area contributed by atoms with Gasteiger partial charge in [-0.15, -0.1) is 0 Å². The van der Waals surface area contributed by atoms with E-state index in [-0.39, 0.29) is 12.0 Å². The molecule has 0 bridgehead atoms. The van der Waals surface area contributed by atoms with Crippen LogP contribution >= 0.6 is 11.6 Å². The number of carboxylic acid groups (broad SMARTS) is 1. The van der Waals surface area contributed by atoms with Crippen LogP contribution in [0.15, 0.2) is 121 Å². The molecule has 5 aromatic rings. The zero-order chi connectivity index (χ0) is 30.2. The largest absolute Gasteiger partial charge is 0.480 e. The average Bonchev–Trinajstić information content (AvgIpc) is 3.03. The van der Waals surface area contributed by atoms with Crippen LogP contribution in [0.25, 0.3) is 11.1 Å². The summed E-state index contributed by atoms with van der Waals surface area (Å²) in [6.07, 6.45) is 0.0719. The molecule has 0 aliphatic heterocycles. The van der Waals surface area contributed by atoms with Gasteiger partial charge in [-0.05, 0) is 71.8 Å². The number of anilines is 2. The molecule has 0 aromatic heterocycles. The Labute approximate surface area is 254 Å². The number of halogens is 1. The smallest absolute Gasteiger partial charge is 0.326 e.